The summed E-state index contributed by atoms with van der Waals surface area (Å²) in [5.41, 5.74) is 2.13. The molecule has 3 heterocycles. The number of aromatic nitrogens is 1. The van der Waals surface area contributed by atoms with Crippen molar-refractivity contribution in [2.75, 3.05) is 27.8 Å². The van der Waals surface area contributed by atoms with Crippen molar-refractivity contribution >= 4 is 5.91 Å². The fourth-order valence-electron chi connectivity index (χ4n) is 4.59. The maximum atomic E-state index is 13.2. The third-order valence-electron chi connectivity index (χ3n) is 6.00. The molecule has 1 fully saturated rings. The van der Waals surface area contributed by atoms with E-state index in [9.17, 15) is 14.7 Å². The highest BCUT2D eigenvalue weighted by Gasteiger charge is 2.50. The minimum Gasteiger partial charge on any atom is -0.496 e. The van der Waals surface area contributed by atoms with Crippen molar-refractivity contribution in [1.29, 1.82) is 0 Å². The summed E-state index contributed by atoms with van der Waals surface area (Å²) in [4.78, 5) is 27.3. The van der Waals surface area contributed by atoms with Gasteiger partial charge in [-0.15, -0.1) is 0 Å². The molecule has 4 atom stereocenters. The smallest absolute Gasteiger partial charge is 0.258 e. The summed E-state index contributed by atoms with van der Waals surface area (Å²) in [6.07, 6.45) is 0. The fraction of sp³-hybridized carbons (Fsp3) is 0.429. The van der Waals surface area contributed by atoms with Crippen LogP contribution in [0.1, 0.15) is 11.7 Å². The van der Waals surface area contributed by atoms with Crippen molar-refractivity contribution in [2.45, 2.75) is 18.6 Å². The number of para-hydroxylation sites is 1. The van der Waals surface area contributed by atoms with E-state index in [0.717, 1.165) is 11.3 Å². The summed E-state index contributed by atoms with van der Waals surface area (Å²) in [5, 5.41) is 13.3. The lowest BCUT2D eigenvalue weighted by molar-refractivity contribution is -0.132. The molecule has 0 radical (unpaired) electrons. The van der Waals surface area contributed by atoms with Gasteiger partial charge in [-0.3, -0.25) is 14.9 Å². The number of carbonyl (C=O) groups excluding carboxylic acids is 1. The number of aliphatic hydroxyl groups excluding tert-OH is 1. The number of ether oxygens (including phenoxy) is 1. The lowest BCUT2D eigenvalue weighted by Crippen LogP contribution is -2.45. The monoisotopic (exact) mass is 383 g/mol. The van der Waals surface area contributed by atoms with E-state index < -0.39 is 6.04 Å². The van der Waals surface area contributed by atoms with Gasteiger partial charge in [-0.1, -0.05) is 18.2 Å². The van der Waals surface area contributed by atoms with Gasteiger partial charge >= 0.3 is 0 Å². The molecule has 1 aromatic carbocycles. The third kappa shape index (κ3) is 2.73. The minimum absolute atomic E-state index is 0.000445. The zero-order valence-electron chi connectivity index (χ0n) is 16.3. The summed E-state index contributed by atoms with van der Waals surface area (Å²) in [6, 6.07) is 10.7. The Morgan fingerprint density at radius 3 is 2.68 bits per heavy atom. The van der Waals surface area contributed by atoms with Gasteiger partial charge in [0.2, 0.25) is 5.91 Å². The Bertz CT molecular complexity index is 968. The number of hydrogen-bond donors (Lipinski definition) is 2. The Balaban J connectivity index is 1.73. The second-order valence-electron chi connectivity index (χ2n) is 7.65. The molecule has 2 N–H and O–H groups in total. The molecule has 2 aromatic rings. The standard InChI is InChI=1S/C21H25N3O4/c1-23(2)21(27)19-15(11-25)14-10-24-16(18(14)22-19)9-8-13(20(24)26)12-6-4-5-7-17(12)28-3/h4-9,14-15,18-19,22,25H,10-11H2,1-3H3/t14-,15-,18+,19-/m1/s1. The van der Waals surface area contributed by atoms with E-state index in [4.69, 9.17) is 4.74 Å². The predicted molar refractivity (Wildman–Crippen MR) is 105 cm³/mol. The van der Waals surface area contributed by atoms with Crippen molar-refractivity contribution in [1.82, 2.24) is 14.8 Å². The normalized spacial score (nSPS) is 25.3. The van der Waals surface area contributed by atoms with Gasteiger partial charge in [-0.25, -0.2) is 0 Å². The quantitative estimate of drug-likeness (QED) is 0.818. The van der Waals surface area contributed by atoms with Crippen LogP contribution >= 0.6 is 0 Å². The largest absolute Gasteiger partial charge is 0.496 e. The SMILES string of the molecule is COc1ccccc1-c1ccc2n(c1=O)C[C@@H]1[C@@H](CO)[C@H](C(=O)N(C)C)N[C@H]21. The zero-order chi connectivity index (χ0) is 20.0. The van der Waals surface area contributed by atoms with Crippen LogP contribution in [0.25, 0.3) is 11.1 Å². The first-order chi connectivity index (χ1) is 13.5. The van der Waals surface area contributed by atoms with Crippen LogP contribution in [0, 0.1) is 11.8 Å². The van der Waals surface area contributed by atoms with Crippen LogP contribution in [0.2, 0.25) is 0 Å². The molecule has 2 aliphatic rings. The highest BCUT2D eigenvalue weighted by atomic mass is 16.5. The molecule has 2 aliphatic heterocycles. The van der Waals surface area contributed by atoms with E-state index in [0.29, 0.717) is 17.9 Å². The van der Waals surface area contributed by atoms with Crippen LogP contribution < -0.4 is 15.6 Å². The second kappa shape index (κ2) is 7.07. The van der Waals surface area contributed by atoms with E-state index in [1.807, 2.05) is 36.4 Å². The van der Waals surface area contributed by atoms with Crippen LogP contribution in [0.15, 0.2) is 41.2 Å². The van der Waals surface area contributed by atoms with Crippen LogP contribution in [-0.2, 0) is 11.3 Å². The average Bonchev–Trinajstić information content (AvgIpc) is 3.24. The average molecular weight is 383 g/mol. The van der Waals surface area contributed by atoms with E-state index in [-0.39, 0.29) is 36.0 Å². The van der Waals surface area contributed by atoms with Gasteiger partial charge < -0.3 is 19.3 Å². The van der Waals surface area contributed by atoms with Gasteiger partial charge in [0, 0.05) is 50.3 Å². The number of nitrogens with one attached hydrogen (secondary N) is 1. The first kappa shape index (κ1) is 18.7. The molecule has 28 heavy (non-hydrogen) atoms. The number of fused-ring (bicyclic) bond motifs is 3. The number of benzene rings is 1. The molecule has 0 bridgehead atoms. The molecular weight excluding hydrogens is 358 g/mol. The van der Waals surface area contributed by atoms with E-state index in [1.54, 1.807) is 30.7 Å². The number of amides is 1. The van der Waals surface area contributed by atoms with Gasteiger partial charge in [0.1, 0.15) is 5.75 Å². The first-order valence-corrected chi connectivity index (χ1v) is 9.43. The number of nitrogens with zero attached hydrogens (tertiary/aromatic N) is 2. The van der Waals surface area contributed by atoms with Crippen molar-refractivity contribution in [3.05, 3.63) is 52.4 Å². The highest BCUT2D eigenvalue weighted by Crippen LogP contribution is 2.43. The second-order valence-corrected chi connectivity index (χ2v) is 7.65. The fourth-order valence-corrected chi connectivity index (χ4v) is 4.59. The molecule has 0 spiro atoms. The van der Waals surface area contributed by atoms with Crippen molar-refractivity contribution in [2.24, 2.45) is 11.8 Å². The molecule has 7 nitrogen and oxygen atoms in total. The Hall–Kier alpha value is -2.64. The van der Waals surface area contributed by atoms with Crippen LogP contribution in [0.3, 0.4) is 0 Å². The third-order valence-corrected chi connectivity index (χ3v) is 6.00. The van der Waals surface area contributed by atoms with Gasteiger partial charge in [0.25, 0.3) is 5.56 Å². The number of carbonyl (C=O) groups is 1. The molecule has 7 heteroatoms. The molecule has 4 rings (SSSR count). The van der Waals surface area contributed by atoms with Crippen molar-refractivity contribution in [3.8, 4) is 16.9 Å². The van der Waals surface area contributed by atoms with Gasteiger partial charge in [0.05, 0.1) is 24.8 Å². The summed E-state index contributed by atoms with van der Waals surface area (Å²) in [7, 11) is 5.01. The topological polar surface area (TPSA) is 83.8 Å². The zero-order valence-corrected chi connectivity index (χ0v) is 16.3. The summed E-state index contributed by atoms with van der Waals surface area (Å²) < 4.78 is 7.18. The molecule has 1 saturated heterocycles. The first-order valence-electron chi connectivity index (χ1n) is 9.43. The Morgan fingerprint density at radius 1 is 1.25 bits per heavy atom. The number of likely N-dealkylation sites (N-methyl/N-ethyl adjacent to an activating group) is 1. The highest BCUT2D eigenvalue weighted by molar-refractivity contribution is 5.82. The van der Waals surface area contributed by atoms with Gasteiger partial charge in [0.15, 0.2) is 0 Å². The van der Waals surface area contributed by atoms with Gasteiger partial charge in [-0.05, 0) is 18.2 Å². The molecule has 0 saturated carbocycles. The molecule has 1 amide bonds. The van der Waals surface area contributed by atoms with Crippen molar-refractivity contribution < 1.29 is 14.6 Å². The number of aliphatic hydroxyl groups is 1. The molecule has 1 aromatic heterocycles. The molecule has 0 unspecified atom stereocenters. The summed E-state index contributed by atoms with van der Waals surface area (Å²) >= 11 is 0. The molecular formula is C21H25N3O4. The lowest BCUT2D eigenvalue weighted by atomic mass is 9.88. The molecule has 148 valence electrons. The Morgan fingerprint density at radius 2 is 2.00 bits per heavy atom. The Labute approximate surface area is 163 Å². The maximum absolute atomic E-state index is 13.2. The van der Waals surface area contributed by atoms with Crippen LogP contribution in [0.4, 0.5) is 0 Å². The number of hydrogen-bond acceptors (Lipinski definition) is 5. The number of pyridine rings is 1. The van der Waals surface area contributed by atoms with E-state index in [2.05, 4.69) is 5.32 Å². The van der Waals surface area contributed by atoms with Crippen molar-refractivity contribution in [3.63, 3.8) is 0 Å². The predicted octanol–water partition coefficient (Wildman–Crippen LogP) is 0.863. The lowest BCUT2D eigenvalue weighted by Gasteiger charge is -2.23. The van der Waals surface area contributed by atoms with Gasteiger partial charge in [-0.2, -0.15) is 0 Å². The Kier molecular flexibility index (Phi) is 4.72. The van der Waals surface area contributed by atoms with E-state index in [1.165, 1.54) is 0 Å². The number of rotatable bonds is 4. The van der Waals surface area contributed by atoms with Crippen LogP contribution in [-0.4, -0.2) is 54.3 Å². The van der Waals surface area contributed by atoms with E-state index >= 15 is 0 Å². The minimum atomic E-state index is -0.437. The summed E-state index contributed by atoms with van der Waals surface area (Å²) in [6.45, 7) is 0.387. The summed E-state index contributed by atoms with van der Waals surface area (Å²) in [5.74, 6) is 0.378. The van der Waals surface area contributed by atoms with Crippen LogP contribution in [0.5, 0.6) is 5.75 Å². The maximum Gasteiger partial charge on any atom is 0.258 e. The number of methoxy groups -OCH3 is 1. The molecule has 0 aliphatic carbocycles.